The second kappa shape index (κ2) is 7.83. The molecule has 1 aliphatic rings. The quantitative estimate of drug-likeness (QED) is 0.666. The van der Waals surface area contributed by atoms with Crippen LogP contribution in [0.1, 0.15) is 40.5 Å². The highest BCUT2D eigenvalue weighted by Crippen LogP contribution is 2.22. The van der Waals surface area contributed by atoms with Crippen molar-refractivity contribution >= 4 is 0 Å². The third-order valence-corrected chi connectivity index (χ3v) is 3.17. The van der Waals surface area contributed by atoms with Crippen molar-refractivity contribution < 1.29 is 0 Å². The third kappa shape index (κ3) is 5.34. The highest BCUT2D eigenvalue weighted by molar-refractivity contribution is 5.39. The molecule has 1 N–H and O–H groups in total. The Balaban J connectivity index is 2.76. The molecule has 0 fully saturated rings. The first kappa shape index (κ1) is 15.6. The zero-order chi connectivity index (χ0) is 14.3. The summed E-state index contributed by atoms with van der Waals surface area (Å²) < 4.78 is 0. The smallest absolute Gasteiger partial charge is 0.0394 e. The summed E-state index contributed by atoms with van der Waals surface area (Å²) in [5.41, 5.74) is 5.35. The van der Waals surface area contributed by atoms with E-state index < -0.39 is 0 Å². The molecule has 0 amide bonds. The number of nitrogens with one attached hydrogen (secondary N) is 1. The van der Waals surface area contributed by atoms with Gasteiger partial charge in [0, 0.05) is 12.2 Å². The van der Waals surface area contributed by atoms with Gasteiger partial charge in [-0.2, -0.15) is 0 Å². The lowest BCUT2D eigenvalue weighted by Gasteiger charge is -2.19. The Morgan fingerprint density at radius 1 is 1.42 bits per heavy atom. The van der Waals surface area contributed by atoms with Gasteiger partial charge in [0.1, 0.15) is 0 Å². The number of allylic oxidation sites excluding steroid dienone is 7. The zero-order valence-electron chi connectivity index (χ0n) is 12.8. The molecular weight excluding hydrogens is 230 g/mol. The zero-order valence-corrected chi connectivity index (χ0v) is 12.8. The van der Waals surface area contributed by atoms with Crippen LogP contribution >= 0.6 is 0 Å². The van der Waals surface area contributed by atoms with Crippen molar-refractivity contribution in [1.29, 1.82) is 0 Å². The van der Waals surface area contributed by atoms with Crippen LogP contribution in [0.25, 0.3) is 0 Å². The minimum atomic E-state index is 0.578. The predicted octanol–water partition coefficient (Wildman–Crippen LogP) is 4.91. The van der Waals surface area contributed by atoms with Crippen LogP contribution in [0.15, 0.2) is 59.4 Å². The first-order valence-corrected chi connectivity index (χ1v) is 7.16. The molecule has 1 heteroatoms. The fraction of sp³-hybridized carbons (Fsp3) is 0.444. The molecule has 1 nitrogen and oxygen atoms in total. The molecule has 0 aliphatic heterocycles. The van der Waals surface area contributed by atoms with Gasteiger partial charge in [0.15, 0.2) is 0 Å². The fourth-order valence-corrected chi connectivity index (χ4v) is 2.29. The van der Waals surface area contributed by atoms with Gasteiger partial charge >= 0.3 is 0 Å². The Labute approximate surface area is 118 Å². The Hall–Kier alpha value is -1.50. The van der Waals surface area contributed by atoms with Crippen LogP contribution in [-0.2, 0) is 0 Å². The molecule has 104 valence electrons. The maximum atomic E-state index is 3.91. The fourth-order valence-electron chi connectivity index (χ4n) is 2.29. The average Bonchev–Trinajstić information content (AvgIpc) is 2.36. The standard InChI is InChI=1S/C18H27N/c1-6-8-16(11-14(3)4)13-19-18-10-9-15(5)12-17(18)7-2/h6-8,11-12,14,19H,2,9-10,13H2,1,3-5H3/b8-6-,16-11+. The molecule has 0 spiro atoms. The van der Waals surface area contributed by atoms with E-state index in [1.807, 2.05) is 6.08 Å². The third-order valence-electron chi connectivity index (χ3n) is 3.17. The van der Waals surface area contributed by atoms with E-state index in [1.165, 1.54) is 22.4 Å². The second-order valence-electron chi connectivity index (χ2n) is 5.47. The van der Waals surface area contributed by atoms with Gasteiger partial charge in [-0.05, 0) is 43.8 Å². The minimum absolute atomic E-state index is 0.578. The van der Waals surface area contributed by atoms with E-state index in [1.54, 1.807) is 0 Å². The lowest BCUT2D eigenvalue weighted by molar-refractivity contribution is 0.754. The predicted molar refractivity (Wildman–Crippen MR) is 86.0 cm³/mol. The van der Waals surface area contributed by atoms with E-state index >= 15 is 0 Å². The lowest BCUT2D eigenvalue weighted by Crippen LogP contribution is -2.19. The molecule has 1 rings (SSSR count). The largest absolute Gasteiger partial charge is 0.384 e. The van der Waals surface area contributed by atoms with E-state index in [2.05, 4.69) is 63.9 Å². The van der Waals surface area contributed by atoms with Crippen molar-refractivity contribution in [2.75, 3.05) is 6.54 Å². The van der Waals surface area contributed by atoms with Crippen LogP contribution in [0.4, 0.5) is 0 Å². The van der Waals surface area contributed by atoms with E-state index in [9.17, 15) is 0 Å². The van der Waals surface area contributed by atoms with Crippen molar-refractivity contribution in [3.05, 3.63) is 59.4 Å². The molecule has 0 aromatic carbocycles. The van der Waals surface area contributed by atoms with E-state index in [4.69, 9.17) is 0 Å². The monoisotopic (exact) mass is 257 g/mol. The van der Waals surface area contributed by atoms with Crippen molar-refractivity contribution in [3.8, 4) is 0 Å². The van der Waals surface area contributed by atoms with Crippen LogP contribution in [-0.4, -0.2) is 6.54 Å². The van der Waals surface area contributed by atoms with Gasteiger partial charge in [0.2, 0.25) is 0 Å². The second-order valence-corrected chi connectivity index (χ2v) is 5.47. The van der Waals surface area contributed by atoms with Gasteiger partial charge < -0.3 is 5.32 Å². The molecule has 0 saturated carbocycles. The Morgan fingerprint density at radius 2 is 2.16 bits per heavy atom. The van der Waals surface area contributed by atoms with Crippen LogP contribution < -0.4 is 5.32 Å². The maximum Gasteiger partial charge on any atom is 0.0394 e. The Bertz CT molecular complexity index is 431. The van der Waals surface area contributed by atoms with Gasteiger partial charge in [-0.15, -0.1) is 0 Å². The van der Waals surface area contributed by atoms with Gasteiger partial charge in [0.25, 0.3) is 0 Å². The minimum Gasteiger partial charge on any atom is -0.384 e. The molecule has 1 aliphatic carbocycles. The molecule has 0 unspecified atom stereocenters. The summed E-state index contributed by atoms with van der Waals surface area (Å²) in [6, 6.07) is 0. The number of hydrogen-bond donors (Lipinski definition) is 1. The normalized spacial score (nSPS) is 17.1. The SMILES string of the molecule is C=CC1=C(NCC(/C=C\C)=C/C(C)C)CCC(C)=C1. The molecular formula is C18H27N. The van der Waals surface area contributed by atoms with Crippen LogP contribution in [0, 0.1) is 5.92 Å². The molecule has 0 heterocycles. The van der Waals surface area contributed by atoms with Crippen LogP contribution in [0.5, 0.6) is 0 Å². The van der Waals surface area contributed by atoms with Crippen LogP contribution in [0.3, 0.4) is 0 Å². The first-order chi connectivity index (χ1) is 9.06. The lowest BCUT2D eigenvalue weighted by atomic mass is 9.97. The molecule has 0 bridgehead atoms. The van der Waals surface area contributed by atoms with Gasteiger partial charge in [0.05, 0.1) is 0 Å². The summed E-state index contributed by atoms with van der Waals surface area (Å²) >= 11 is 0. The van der Waals surface area contributed by atoms with Gasteiger partial charge in [-0.25, -0.2) is 0 Å². The number of hydrogen-bond acceptors (Lipinski definition) is 1. The van der Waals surface area contributed by atoms with Crippen LogP contribution in [0.2, 0.25) is 0 Å². The Morgan fingerprint density at radius 3 is 2.74 bits per heavy atom. The summed E-state index contributed by atoms with van der Waals surface area (Å²) in [6.07, 6.45) is 13.0. The topological polar surface area (TPSA) is 12.0 Å². The highest BCUT2D eigenvalue weighted by atomic mass is 14.9. The molecule has 0 saturated heterocycles. The molecule has 19 heavy (non-hydrogen) atoms. The summed E-state index contributed by atoms with van der Waals surface area (Å²) in [4.78, 5) is 0. The Kier molecular flexibility index (Phi) is 6.41. The summed E-state index contributed by atoms with van der Waals surface area (Å²) in [5.74, 6) is 0.578. The maximum absolute atomic E-state index is 3.91. The van der Waals surface area contributed by atoms with Crippen molar-refractivity contribution in [1.82, 2.24) is 5.32 Å². The summed E-state index contributed by atoms with van der Waals surface area (Å²) in [5, 5.41) is 3.58. The van der Waals surface area contributed by atoms with E-state index in [0.717, 1.165) is 19.4 Å². The highest BCUT2D eigenvalue weighted by Gasteiger charge is 2.09. The van der Waals surface area contributed by atoms with Crippen molar-refractivity contribution in [3.63, 3.8) is 0 Å². The first-order valence-electron chi connectivity index (χ1n) is 7.16. The summed E-state index contributed by atoms with van der Waals surface area (Å²) in [6.45, 7) is 13.5. The summed E-state index contributed by atoms with van der Waals surface area (Å²) in [7, 11) is 0. The molecule has 0 aromatic rings. The molecule has 0 atom stereocenters. The number of rotatable bonds is 6. The van der Waals surface area contributed by atoms with E-state index in [0.29, 0.717) is 5.92 Å². The average molecular weight is 257 g/mol. The van der Waals surface area contributed by atoms with Crippen molar-refractivity contribution in [2.45, 2.75) is 40.5 Å². The molecule has 0 aromatic heterocycles. The molecule has 0 radical (unpaired) electrons. The van der Waals surface area contributed by atoms with Gasteiger partial charge in [-0.3, -0.25) is 0 Å². The van der Waals surface area contributed by atoms with Gasteiger partial charge in [-0.1, -0.05) is 56.4 Å². The van der Waals surface area contributed by atoms with E-state index in [-0.39, 0.29) is 0 Å². The van der Waals surface area contributed by atoms with Crippen molar-refractivity contribution in [2.24, 2.45) is 5.92 Å².